The highest BCUT2D eigenvalue weighted by Gasteiger charge is 2.20. The molecule has 5 aromatic rings. The van der Waals surface area contributed by atoms with Crippen molar-refractivity contribution in [1.29, 1.82) is 0 Å². The molecule has 0 aliphatic carbocycles. The van der Waals surface area contributed by atoms with E-state index in [1.54, 1.807) is 24.3 Å². The van der Waals surface area contributed by atoms with E-state index in [9.17, 15) is 4.39 Å². The second kappa shape index (κ2) is 8.70. The molecule has 1 aliphatic heterocycles. The predicted octanol–water partition coefficient (Wildman–Crippen LogP) is 5.19. The Labute approximate surface area is 202 Å². The van der Waals surface area contributed by atoms with E-state index >= 15 is 0 Å². The third kappa shape index (κ3) is 3.89. The molecule has 6 rings (SSSR count). The van der Waals surface area contributed by atoms with Crippen LogP contribution in [-0.4, -0.2) is 57.4 Å². The Morgan fingerprint density at radius 3 is 2.63 bits per heavy atom. The Morgan fingerprint density at radius 1 is 1.00 bits per heavy atom. The van der Waals surface area contributed by atoms with Crippen LogP contribution < -0.4 is 9.64 Å². The molecule has 0 spiro atoms. The smallest absolute Gasteiger partial charge is 0.165 e. The summed E-state index contributed by atoms with van der Waals surface area (Å²) < 4.78 is 22.0. The Balaban J connectivity index is 1.35. The van der Waals surface area contributed by atoms with Crippen LogP contribution in [0, 0.1) is 5.82 Å². The number of para-hydroxylation sites is 1. The SMILES string of the molecule is CCN1CCN(c2ccc3nc(-c4n[nH]c5ccc(Oc6ccccc6F)cc45)n(C)c3c2)CC1. The average Bonchev–Trinajstić information content (AvgIpc) is 3.45. The highest BCUT2D eigenvalue weighted by atomic mass is 19.1. The van der Waals surface area contributed by atoms with Gasteiger partial charge in [-0.15, -0.1) is 0 Å². The van der Waals surface area contributed by atoms with Gasteiger partial charge in [0.05, 0.1) is 16.6 Å². The summed E-state index contributed by atoms with van der Waals surface area (Å²) in [7, 11) is 2.02. The van der Waals surface area contributed by atoms with Gasteiger partial charge in [-0.25, -0.2) is 9.37 Å². The van der Waals surface area contributed by atoms with Crippen LogP contribution in [0.25, 0.3) is 33.5 Å². The number of imidazole rings is 1. The number of piperazine rings is 1. The number of ether oxygens (including phenoxy) is 1. The standard InChI is InChI=1S/C27H27FN6O/c1-3-33-12-14-34(15-13-33)18-8-10-23-24(16-18)32(2)27(29-23)26-20-17-19(9-11-22(20)30-31-26)35-25-7-5-4-6-21(25)28/h4-11,16-17H,3,12-15H2,1-2H3,(H,30,31). The zero-order valence-electron chi connectivity index (χ0n) is 19.8. The van der Waals surface area contributed by atoms with Gasteiger partial charge in [-0.05, 0) is 55.1 Å². The van der Waals surface area contributed by atoms with Crippen LogP contribution in [0.2, 0.25) is 0 Å². The minimum Gasteiger partial charge on any atom is -0.454 e. The lowest BCUT2D eigenvalue weighted by Gasteiger charge is -2.35. The van der Waals surface area contributed by atoms with Crippen LogP contribution in [0.1, 0.15) is 6.92 Å². The number of likely N-dealkylation sites (N-methyl/N-ethyl adjacent to an activating group) is 1. The van der Waals surface area contributed by atoms with Crippen molar-refractivity contribution in [3.05, 3.63) is 66.5 Å². The number of benzene rings is 3. The number of nitrogens with one attached hydrogen (secondary N) is 1. The van der Waals surface area contributed by atoms with E-state index in [2.05, 4.69) is 49.7 Å². The molecule has 0 saturated carbocycles. The maximum Gasteiger partial charge on any atom is 0.165 e. The van der Waals surface area contributed by atoms with Gasteiger partial charge in [0.15, 0.2) is 17.4 Å². The first kappa shape index (κ1) is 21.6. The lowest BCUT2D eigenvalue weighted by Crippen LogP contribution is -2.46. The first-order valence-corrected chi connectivity index (χ1v) is 12.0. The number of H-pyrrole nitrogens is 1. The number of halogens is 1. The molecule has 0 radical (unpaired) electrons. The molecule has 0 unspecified atom stereocenters. The Kier molecular flexibility index (Phi) is 5.37. The van der Waals surface area contributed by atoms with Crippen LogP contribution in [-0.2, 0) is 7.05 Å². The molecule has 1 aliphatic rings. The fourth-order valence-electron chi connectivity index (χ4n) is 4.79. The predicted molar refractivity (Wildman–Crippen MR) is 137 cm³/mol. The molecule has 178 valence electrons. The molecule has 7 nitrogen and oxygen atoms in total. The summed E-state index contributed by atoms with van der Waals surface area (Å²) in [5.74, 6) is 1.09. The topological polar surface area (TPSA) is 62.2 Å². The van der Waals surface area contributed by atoms with Crippen LogP contribution in [0.4, 0.5) is 10.1 Å². The monoisotopic (exact) mass is 470 g/mol. The lowest BCUT2D eigenvalue weighted by molar-refractivity contribution is 0.271. The zero-order chi connectivity index (χ0) is 23.9. The second-order valence-corrected chi connectivity index (χ2v) is 8.90. The average molecular weight is 471 g/mol. The minimum atomic E-state index is -0.401. The first-order chi connectivity index (χ1) is 17.1. The summed E-state index contributed by atoms with van der Waals surface area (Å²) in [6, 6.07) is 18.4. The number of nitrogens with zero attached hydrogens (tertiary/aromatic N) is 5. The molecule has 1 saturated heterocycles. The van der Waals surface area contributed by atoms with E-state index in [0.29, 0.717) is 5.75 Å². The van der Waals surface area contributed by atoms with Gasteiger partial charge in [-0.1, -0.05) is 19.1 Å². The molecular weight excluding hydrogens is 443 g/mol. The summed E-state index contributed by atoms with van der Waals surface area (Å²) in [5.41, 5.74) is 4.80. The van der Waals surface area contributed by atoms with Gasteiger partial charge in [0, 0.05) is 44.3 Å². The van der Waals surface area contributed by atoms with Crippen molar-refractivity contribution in [2.75, 3.05) is 37.6 Å². The minimum absolute atomic E-state index is 0.187. The number of hydrogen-bond donors (Lipinski definition) is 1. The number of hydrogen-bond acceptors (Lipinski definition) is 5. The molecule has 0 atom stereocenters. The van der Waals surface area contributed by atoms with E-state index < -0.39 is 5.82 Å². The molecular formula is C27H27FN6O. The van der Waals surface area contributed by atoms with Crippen molar-refractivity contribution in [2.45, 2.75) is 6.92 Å². The molecule has 1 N–H and O–H groups in total. The Bertz CT molecular complexity index is 1520. The fourth-order valence-corrected chi connectivity index (χ4v) is 4.79. The van der Waals surface area contributed by atoms with E-state index in [1.807, 2.05) is 19.2 Å². The molecule has 0 bridgehead atoms. The Hall–Kier alpha value is -3.91. The maximum absolute atomic E-state index is 14.1. The summed E-state index contributed by atoms with van der Waals surface area (Å²) in [6.07, 6.45) is 0. The van der Waals surface area contributed by atoms with Gasteiger partial charge in [0.2, 0.25) is 0 Å². The largest absolute Gasteiger partial charge is 0.454 e. The molecule has 3 aromatic carbocycles. The van der Waals surface area contributed by atoms with Gasteiger partial charge in [0.1, 0.15) is 11.4 Å². The van der Waals surface area contributed by atoms with Crippen LogP contribution >= 0.6 is 0 Å². The van der Waals surface area contributed by atoms with E-state index in [-0.39, 0.29) is 5.75 Å². The highest BCUT2D eigenvalue weighted by molar-refractivity contribution is 5.94. The molecule has 2 aromatic heterocycles. The summed E-state index contributed by atoms with van der Waals surface area (Å²) in [5, 5.41) is 8.52. The normalized spacial score (nSPS) is 14.8. The van der Waals surface area contributed by atoms with Crippen LogP contribution in [0.15, 0.2) is 60.7 Å². The van der Waals surface area contributed by atoms with Crippen molar-refractivity contribution < 1.29 is 9.13 Å². The van der Waals surface area contributed by atoms with E-state index in [0.717, 1.165) is 66.2 Å². The second-order valence-electron chi connectivity index (χ2n) is 8.90. The number of aromatic nitrogens is 4. The number of fused-ring (bicyclic) bond motifs is 2. The van der Waals surface area contributed by atoms with Crippen LogP contribution in [0.5, 0.6) is 11.5 Å². The van der Waals surface area contributed by atoms with Gasteiger partial charge >= 0.3 is 0 Å². The number of aromatic amines is 1. The van der Waals surface area contributed by atoms with Crippen molar-refractivity contribution >= 4 is 27.6 Å². The Morgan fingerprint density at radius 2 is 1.83 bits per heavy atom. The summed E-state index contributed by atoms with van der Waals surface area (Å²) in [6.45, 7) is 7.54. The highest BCUT2D eigenvalue weighted by Crippen LogP contribution is 2.33. The van der Waals surface area contributed by atoms with Crippen molar-refractivity contribution in [2.24, 2.45) is 7.05 Å². The quantitative estimate of drug-likeness (QED) is 0.383. The summed E-state index contributed by atoms with van der Waals surface area (Å²) >= 11 is 0. The molecule has 1 fully saturated rings. The van der Waals surface area contributed by atoms with Gasteiger partial charge < -0.3 is 19.1 Å². The van der Waals surface area contributed by atoms with Gasteiger partial charge in [0.25, 0.3) is 0 Å². The summed E-state index contributed by atoms with van der Waals surface area (Å²) in [4.78, 5) is 9.81. The zero-order valence-corrected chi connectivity index (χ0v) is 19.8. The maximum atomic E-state index is 14.1. The third-order valence-corrected chi connectivity index (χ3v) is 6.86. The van der Waals surface area contributed by atoms with Gasteiger partial charge in [-0.3, -0.25) is 5.10 Å². The third-order valence-electron chi connectivity index (χ3n) is 6.86. The van der Waals surface area contributed by atoms with E-state index in [4.69, 9.17) is 9.72 Å². The number of anilines is 1. The van der Waals surface area contributed by atoms with E-state index in [1.165, 1.54) is 11.8 Å². The van der Waals surface area contributed by atoms with Gasteiger partial charge in [-0.2, -0.15) is 5.10 Å². The lowest BCUT2D eigenvalue weighted by atomic mass is 10.2. The molecule has 3 heterocycles. The van der Waals surface area contributed by atoms with Crippen molar-refractivity contribution in [1.82, 2.24) is 24.6 Å². The number of aryl methyl sites for hydroxylation is 1. The van der Waals surface area contributed by atoms with Crippen LogP contribution in [0.3, 0.4) is 0 Å². The molecule has 0 amide bonds. The van der Waals surface area contributed by atoms with Crippen molar-refractivity contribution in [3.8, 4) is 23.0 Å². The number of rotatable bonds is 5. The molecule has 8 heteroatoms. The van der Waals surface area contributed by atoms with Crippen molar-refractivity contribution in [3.63, 3.8) is 0 Å². The first-order valence-electron chi connectivity index (χ1n) is 12.0. The fraction of sp³-hybridized carbons (Fsp3) is 0.259. The molecule has 35 heavy (non-hydrogen) atoms.